The van der Waals surface area contributed by atoms with Crippen LogP contribution in [0.1, 0.15) is 12.8 Å². The van der Waals surface area contributed by atoms with Crippen LogP contribution in [0.25, 0.3) is 0 Å². The van der Waals surface area contributed by atoms with E-state index in [0.717, 1.165) is 0 Å². The number of nitrogens with two attached hydrogens (primary N) is 1. The minimum absolute atomic E-state index is 0.0412. The van der Waals surface area contributed by atoms with E-state index in [1.54, 1.807) is 0 Å². The largest absolute Gasteiger partial charge is 0.383 e. The summed E-state index contributed by atoms with van der Waals surface area (Å²) in [5.41, 5.74) is 4.25. The summed E-state index contributed by atoms with van der Waals surface area (Å²) in [6.45, 7) is 0.374. The van der Waals surface area contributed by atoms with Gasteiger partial charge in [-0.3, -0.25) is 0 Å². The maximum Gasteiger partial charge on any atom is 0.200 e. The van der Waals surface area contributed by atoms with Crippen molar-refractivity contribution >= 4 is 5.69 Å². The van der Waals surface area contributed by atoms with Crippen LogP contribution in [0.4, 0.5) is 27.6 Å². The smallest absolute Gasteiger partial charge is 0.200 e. The lowest BCUT2D eigenvalue weighted by Crippen LogP contribution is -2.27. The van der Waals surface area contributed by atoms with Crippen molar-refractivity contribution in [1.82, 2.24) is 0 Å². The fourth-order valence-corrected chi connectivity index (χ4v) is 1.70. The Morgan fingerprint density at radius 3 is 1.95 bits per heavy atom. The van der Waals surface area contributed by atoms with E-state index in [2.05, 4.69) is 5.32 Å². The van der Waals surface area contributed by atoms with E-state index in [1.165, 1.54) is 7.11 Å². The first kappa shape index (κ1) is 16.6. The molecule has 0 amide bonds. The summed E-state index contributed by atoms with van der Waals surface area (Å²) < 4.78 is 70.7. The minimum atomic E-state index is -2.18. The van der Waals surface area contributed by atoms with E-state index >= 15 is 0 Å². The highest BCUT2D eigenvalue weighted by Gasteiger charge is 2.27. The monoisotopic (exact) mass is 298 g/mol. The van der Waals surface area contributed by atoms with E-state index in [1.807, 2.05) is 0 Å². The third-order valence-corrected chi connectivity index (χ3v) is 2.68. The normalized spacial score (nSPS) is 12.6. The van der Waals surface area contributed by atoms with Gasteiger partial charge in [-0.05, 0) is 19.4 Å². The van der Waals surface area contributed by atoms with Crippen LogP contribution in [-0.4, -0.2) is 26.3 Å². The van der Waals surface area contributed by atoms with Crippen LogP contribution in [0.2, 0.25) is 0 Å². The van der Waals surface area contributed by atoms with Gasteiger partial charge in [0.1, 0.15) is 5.69 Å². The third kappa shape index (κ3) is 3.57. The van der Waals surface area contributed by atoms with Crippen molar-refractivity contribution in [2.75, 3.05) is 25.6 Å². The predicted molar refractivity (Wildman–Crippen MR) is 63.8 cm³/mol. The zero-order valence-electron chi connectivity index (χ0n) is 10.8. The quantitative estimate of drug-likeness (QED) is 0.462. The highest BCUT2D eigenvalue weighted by molar-refractivity contribution is 5.48. The first-order valence-electron chi connectivity index (χ1n) is 5.91. The number of rotatable bonds is 7. The molecular formula is C12H15F5N2O. The molecule has 0 fully saturated rings. The maximum absolute atomic E-state index is 13.5. The summed E-state index contributed by atoms with van der Waals surface area (Å²) >= 11 is 0. The Morgan fingerprint density at radius 1 is 1.00 bits per heavy atom. The first-order chi connectivity index (χ1) is 9.43. The number of hydrogen-bond donors (Lipinski definition) is 2. The summed E-state index contributed by atoms with van der Waals surface area (Å²) in [5.74, 6) is -9.94. The number of halogens is 5. The summed E-state index contributed by atoms with van der Waals surface area (Å²) in [5, 5.41) is 2.28. The molecule has 0 radical (unpaired) electrons. The zero-order chi connectivity index (χ0) is 15.3. The second-order valence-electron chi connectivity index (χ2n) is 4.17. The topological polar surface area (TPSA) is 47.3 Å². The second kappa shape index (κ2) is 7.39. The Morgan fingerprint density at radius 2 is 1.50 bits per heavy atom. The number of nitrogens with one attached hydrogen (secondary N) is 1. The average molecular weight is 298 g/mol. The number of anilines is 1. The molecule has 3 N–H and O–H groups in total. The van der Waals surface area contributed by atoms with Crippen LogP contribution in [0.5, 0.6) is 0 Å². The van der Waals surface area contributed by atoms with Crippen molar-refractivity contribution in [1.29, 1.82) is 0 Å². The van der Waals surface area contributed by atoms with Crippen molar-refractivity contribution in [2.45, 2.75) is 18.9 Å². The molecule has 0 saturated heterocycles. The summed E-state index contributed by atoms with van der Waals surface area (Å²) in [7, 11) is 1.36. The highest BCUT2D eigenvalue weighted by Crippen LogP contribution is 2.28. The maximum atomic E-state index is 13.5. The lowest BCUT2D eigenvalue weighted by Gasteiger charge is -2.20. The summed E-state index contributed by atoms with van der Waals surface area (Å²) in [4.78, 5) is 0. The highest BCUT2D eigenvalue weighted by atomic mass is 19.2. The molecule has 0 bridgehead atoms. The van der Waals surface area contributed by atoms with Crippen LogP contribution in [0.15, 0.2) is 0 Å². The Bertz CT molecular complexity index is 441. The molecule has 1 rings (SSSR count). The van der Waals surface area contributed by atoms with Gasteiger partial charge in [0, 0.05) is 13.2 Å². The molecule has 1 atom stereocenters. The molecule has 3 nitrogen and oxygen atoms in total. The van der Waals surface area contributed by atoms with Gasteiger partial charge in [0.2, 0.25) is 5.82 Å². The van der Waals surface area contributed by atoms with Gasteiger partial charge >= 0.3 is 0 Å². The van der Waals surface area contributed by atoms with Crippen LogP contribution in [0.3, 0.4) is 0 Å². The first-order valence-corrected chi connectivity index (χ1v) is 5.91. The van der Waals surface area contributed by atoms with Crippen molar-refractivity contribution in [3.05, 3.63) is 29.1 Å². The molecule has 1 unspecified atom stereocenters. The molecule has 0 aromatic heterocycles. The Balaban J connectivity index is 3.06. The average Bonchev–Trinajstić information content (AvgIpc) is 2.45. The molecular weight excluding hydrogens is 283 g/mol. The second-order valence-corrected chi connectivity index (χ2v) is 4.17. The minimum Gasteiger partial charge on any atom is -0.383 e. The molecule has 1 aromatic carbocycles. The van der Waals surface area contributed by atoms with E-state index in [-0.39, 0.29) is 6.61 Å². The summed E-state index contributed by atoms with van der Waals surface area (Å²) in [6.07, 6.45) is 0.875. The number of methoxy groups -OCH3 is 1. The van der Waals surface area contributed by atoms with Gasteiger partial charge in [0.25, 0.3) is 0 Å². The van der Waals surface area contributed by atoms with Gasteiger partial charge in [-0.1, -0.05) is 0 Å². The van der Waals surface area contributed by atoms with E-state index in [0.29, 0.717) is 19.4 Å². The third-order valence-electron chi connectivity index (χ3n) is 2.68. The van der Waals surface area contributed by atoms with Crippen LogP contribution in [-0.2, 0) is 4.74 Å². The lowest BCUT2D eigenvalue weighted by molar-refractivity contribution is 0.182. The molecule has 114 valence electrons. The van der Waals surface area contributed by atoms with Crippen molar-refractivity contribution in [3.63, 3.8) is 0 Å². The van der Waals surface area contributed by atoms with Crippen molar-refractivity contribution in [3.8, 4) is 0 Å². The zero-order valence-corrected chi connectivity index (χ0v) is 10.8. The lowest BCUT2D eigenvalue weighted by atomic mass is 10.1. The standard InChI is InChI=1S/C12H15F5N2O/c1-20-5-6(3-2-4-18)19-12-10(16)8(14)7(13)9(15)11(12)17/h6,19H,2-5,18H2,1H3. The molecule has 0 aliphatic heterocycles. The van der Waals surface area contributed by atoms with E-state index in [9.17, 15) is 22.0 Å². The summed E-state index contributed by atoms with van der Waals surface area (Å²) in [6, 6.07) is -0.614. The van der Waals surface area contributed by atoms with E-state index in [4.69, 9.17) is 10.5 Å². The van der Waals surface area contributed by atoms with E-state index < -0.39 is 40.8 Å². The van der Waals surface area contributed by atoms with Gasteiger partial charge in [0.15, 0.2) is 23.3 Å². The number of ether oxygens (including phenoxy) is 1. The molecule has 1 aromatic rings. The van der Waals surface area contributed by atoms with Crippen LogP contribution >= 0.6 is 0 Å². The molecule has 8 heteroatoms. The fourth-order valence-electron chi connectivity index (χ4n) is 1.70. The van der Waals surface area contributed by atoms with Crippen LogP contribution in [0, 0.1) is 29.1 Å². The van der Waals surface area contributed by atoms with Gasteiger partial charge < -0.3 is 15.8 Å². The number of hydrogen-bond acceptors (Lipinski definition) is 3. The van der Waals surface area contributed by atoms with Gasteiger partial charge in [-0.15, -0.1) is 0 Å². The Kier molecular flexibility index (Phi) is 6.15. The Labute approximate surface area is 112 Å². The number of benzene rings is 1. The molecule has 0 saturated carbocycles. The molecule has 0 spiro atoms. The molecule has 0 heterocycles. The SMILES string of the molecule is COCC(CCCN)Nc1c(F)c(F)c(F)c(F)c1F. The fraction of sp³-hybridized carbons (Fsp3) is 0.500. The van der Waals surface area contributed by atoms with Gasteiger partial charge in [-0.2, -0.15) is 0 Å². The van der Waals surface area contributed by atoms with Gasteiger partial charge in [-0.25, -0.2) is 22.0 Å². The van der Waals surface area contributed by atoms with Crippen LogP contribution < -0.4 is 11.1 Å². The van der Waals surface area contributed by atoms with Gasteiger partial charge in [0.05, 0.1) is 6.61 Å². The Hall–Kier alpha value is -1.41. The molecule has 20 heavy (non-hydrogen) atoms. The predicted octanol–water partition coefficient (Wildman–Crippen LogP) is 2.55. The van der Waals surface area contributed by atoms with Crippen molar-refractivity contribution in [2.24, 2.45) is 5.73 Å². The molecule has 0 aliphatic carbocycles. The van der Waals surface area contributed by atoms with Crippen molar-refractivity contribution < 1.29 is 26.7 Å². The molecule has 0 aliphatic rings.